The molecule has 7 heteroatoms. The summed E-state index contributed by atoms with van der Waals surface area (Å²) in [6.45, 7) is 4.22. The minimum absolute atomic E-state index is 0.0387. The average molecular weight is 350 g/mol. The minimum Gasteiger partial charge on any atom is -0.342 e. The van der Waals surface area contributed by atoms with Crippen LogP contribution in [0.1, 0.15) is 5.56 Å². The number of carbonyl (C=O) groups is 1. The number of sulfone groups is 1. The van der Waals surface area contributed by atoms with E-state index in [1.807, 2.05) is 35.2 Å². The van der Waals surface area contributed by atoms with Gasteiger partial charge in [0.1, 0.15) is 0 Å². The van der Waals surface area contributed by atoms with Crippen LogP contribution in [0.25, 0.3) is 0 Å². The molecule has 1 aromatic carbocycles. The molecule has 2 aliphatic rings. The summed E-state index contributed by atoms with van der Waals surface area (Å²) in [7, 11) is -2.99. The maximum absolute atomic E-state index is 12.2. The van der Waals surface area contributed by atoms with Crippen molar-refractivity contribution in [1.82, 2.24) is 4.90 Å². The molecule has 0 N–H and O–H groups in total. The fraction of sp³-hybridized carbons (Fsp3) is 0.375. The highest BCUT2D eigenvalue weighted by atomic mass is 32.2. The summed E-state index contributed by atoms with van der Waals surface area (Å²) in [5.41, 5.74) is 0.919. The maximum Gasteiger partial charge on any atom is 0.252 e. The van der Waals surface area contributed by atoms with E-state index < -0.39 is 9.84 Å². The molecule has 2 fully saturated rings. The third-order valence-corrected chi connectivity index (χ3v) is 7.17. The van der Waals surface area contributed by atoms with Crippen molar-refractivity contribution in [3.63, 3.8) is 0 Å². The molecule has 1 aromatic rings. The van der Waals surface area contributed by atoms with E-state index in [1.165, 1.54) is 11.8 Å². The molecule has 0 saturated carbocycles. The molecule has 3 rings (SSSR count). The Balaban J connectivity index is 1.76. The zero-order valence-corrected chi connectivity index (χ0v) is 14.2. The highest BCUT2D eigenvalue weighted by Crippen LogP contribution is 2.37. The molecule has 0 unspecified atom stereocenters. The molecule has 2 atom stereocenters. The van der Waals surface area contributed by atoms with Crippen molar-refractivity contribution < 1.29 is 13.2 Å². The molecule has 5 nitrogen and oxygen atoms in total. The Morgan fingerprint density at radius 1 is 1.35 bits per heavy atom. The lowest BCUT2D eigenvalue weighted by molar-refractivity contribution is -0.117. The number of aliphatic imine (C=N–C) groups is 1. The van der Waals surface area contributed by atoms with Crippen molar-refractivity contribution in [3.8, 4) is 0 Å². The Hall–Kier alpha value is -1.60. The van der Waals surface area contributed by atoms with Gasteiger partial charge < -0.3 is 4.90 Å². The van der Waals surface area contributed by atoms with Crippen LogP contribution in [0.15, 0.2) is 48.0 Å². The van der Waals surface area contributed by atoms with Gasteiger partial charge in [-0.1, -0.05) is 48.2 Å². The summed E-state index contributed by atoms with van der Waals surface area (Å²) in [6, 6.07) is 9.36. The molecule has 2 heterocycles. The van der Waals surface area contributed by atoms with E-state index in [-0.39, 0.29) is 35.1 Å². The molecular weight excluding hydrogens is 332 g/mol. The molecule has 0 aliphatic carbocycles. The number of rotatable bonds is 4. The average Bonchev–Trinajstić information content (AvgIpc) is 2.93. The number of benzene rings is 1. The van der Waals surface area contributed by atoms with Gasteiger partial charge in [-0.05, 0) is 5.56 Å². The molecule has 1 amide bonds. The van der Waals surface area contributed by atoms with Crippen LogP contribution in [0.3, 0.4) is 0 Å². The van der Waals surface area contributed by atoms with Gasteiger partial charge in [0.2, 0.25) is 0 Å². The minimum atomic E-state index is -2.99. The van der Waals surface area contributed by atoms with Crippen molar-refractivity contribution in [2.24, 2.45) is 4.99 Å². The van der Waals surface area contributed by atoms with Gasteiger partial charge in [-0.15, -0.1) is 6.58 Å². The van der Waals surface area contributed by atoms with Crippen LogP contribution in [-0.2, 0) is 21.1 Å². The SMILES string of the molecule is C=CCN1C(=NC(=O)Cc2ccccc2)S[C@@H]2CS(=O)(=O)C[C@@H]21. The standard InChI is InChI=1S/C16H18N2O3S2/c1-2-8-18-13-10-23(20,21)11-14(13)22-16(18)17-15(19)9-12-6-4-3-5-7-12/h2-7,13-14H,1,8-11H2/t13-,14+/m0/s1. The van der Waals surface area contributed by atoms with Crippen LogP contribution in [0.5, 0.6) is 0 Å². The van der Waals surface area contributed by atoms with E-state index in [0.29, 0.717) is 11.7 Å². The van der Waals surface area contributed by atoms with Crippen LogP contribution in [0, 0.1) is 0 Å². The van der Waals surface area contributed by atoms with Crippen LogP contribution < -0.4 is 0 Å². The monoisotopic (exact) mass is 350 g/mol. The van der Waals surface area contributed by atoms with Gasteiger partial charge in [0, 0.05) is 11.8 Å². The summed E-state index contributed by atoms with van der Waals surface area (Å²) < 4.78 is 23.6. The van der Waals surface area contributed by atoms with Gasteiger partial charge >= 0.3 is 0 Å². The largest absolute Gasteiger partial charge is 0.342 e. The van der Waals surface area contributed by atoms with Crippen LogP contribution in [0.4, 0.5) is 0 Å². The Morgan fingerprint density at radius 2 is 2.09 bits per heavy atom. The fourth-order valence-corrected chi connectivity index (χ4v) is 6.88. The number of fused-ring (bicyclic) bond motifs is 1. The summed E-state index contributed by atoms with van der Waals surface area (Å²) >= 11 is 1.40. The maximum atomic E-state index is 12.2. The second-order valence-corrected chi connectivity index (χ2v) is 9.05. The molecule has 2 aliphatic heterocycles. The van der Waals surface area contributed by atoms with Crippen LogP contribution in [0.2, 0.25) is 0 Å². The number of amides is 1. The fourth-order valence-electron chi connectivity index (χ4n) is 2.90. The predicted octanol–water partition coefficient (Wildman–Crippen LogP) is 1.51. The third kappa shape index (κ3) is 3.67. The van der Waals surface area contributed by atoms with Gasteiger partial charge in [0.05, 0.1) is 24.0 Å². The topological polar surface area (TPSA) is 66.8 Å². The van der Waals surface area contributed by atoms with E-state index in [4.69, 9.17) is 0 Å². The molecule has 0 radical (unpaired) electrons. The molecule has 0 aromatic heterocycles. The van der Waals surface area contributed by atoms with Gasteiger partial charge in [-0.3, -0.25) is 4.79 Å². The van der Waals surface area contributed by atoms with Crippen molar-refractivity contribution in [3.05, 3.63) is 48.6 Å². The van der Waals surface area contributed by atoms with Crippen molar-refractivity contribution in [1.29, 1.82) is 0 Å². The van der Waals surface area contributed by atoms with E-state index in [1.54, 1.807) is 6.08 Å². The first-order valence-corrected chi connectivity index (χ1v) is 10.1. The molecule has 2 saturated heterocycles. The highest BCUT2D eigenvalue weighted by Gasteiger charge is 2.48. The summed E-state index contributed by atoms with van der Waals surface area (Å²) in [6.07, 6.45) is 1.96. The first kappa shape index (κ1) is 16.3. The molecule has 122 valence electrons. The zero-order chi connectivity index (χ0) is 16.4. The van der Waals surface area contributed by atoms with Gasteiger partial charge in [-0.2, -0.15) is 4.99 Å². The number of hydrogen-bond donors (Lipinski definition) is 0. The van der Waals surface area contributed by atoms with E-state index in [2.05, 4.69) is 11.6 Å². The van der Waals surface area contributed by atoms with Crippen molar-refractivity contribution in [2.75, 3.05) is 18.1 Å². The van der Waals surface area contributed by atoms with E-state index in [0.717, 1.165) is 5.56 Å². The van der Waals surface area contributed by atoms with Gasteiger partial charge in [0.25, 0.3) is 5.91 Å². The van der Waals surface area contributed by atoms with E-state index >= 15 is 0 Å². The lowest BCUT2D eigenvalue weighted by atomic mass is 10.1. The van der Waals surface area contributed by atoms with Crippen molar-refractivity contribution in [2.45, 2.75) is 17.7 Å². The number of amidine groups is 1. The molecular formula is C16H18N2O3S2. The highest BCUT2D eigenvalue weighted by molar-refractivity contribution is 8.15. The predicted molar refractivity (Wildman–Crippen MR) is 93.3 cm³/mol. The number of hydrogen-bond acceptors (Lipinski definition) is 4. The van der Waals surface area contributed by atoms with Gasteiger partial charge in [-0.25, -0.2) is 8.42 Å². The lowest BCUT2D eigenvalue weighted by Gasteiger charge is -2.22. The van der Waals surface area contributed by atoms with Crippen molar-refractivity contribution >= 4 is 32.7 Å². The first-order valence-electron chi connectivity index (χ1n) is 7.38. The Labute approximate surface area is 140 Å². The van der Waals surface area contributed by atoms with Gasteiger partial charge in [0.15, 0.2) is 15.0 Å². The summed E-state index contributed by atoms with van der Waals surface area (Å²) in [5.74, 6) is 0.0716. The Morgan fingerprint density at radius 3 is 2.78 bits per heavy atom. The Kier molecular flexibility index (Phi) is 4.59. The lowest BCUT2D eigenvalue weighted by Crippen LogP contribution is -2.37. The number of carbonyl (C=O) groups excluding carboxylic acids is 1. The summed E-state index contributed by atoms with van der Waals surface area (Å²) in [5, 5.41) is 0.582. The third-order valence-electron chi connectivity index (χ3n) is 3.92. The van der Waals surface area contributed by atoms with Crippen LogP contribution in [-0.4, -0.2) is 53.7 Å². The normalized spacial score (nSPS) is 27.1. The molecule has 0 bridgehead atoms. The zero-order valence-electron chi connectivity index (χ0n) is 12.6. The second kappa shape index (κ2) is 6.49. The smallest absolute Gasteiger partial charge is 0.252 e. The quantitative estimate of drug-likeness (QED) is 0.770. The van der Waals surface area contributed by atoms with Crippen LogP contribution >= 0.6 is 11.8 Å². The number of nitrogens with zero attached hydrogens (tertiary/aromatic N) is 2. The molecule has 23 heavy (non-hydrogen) atoms. The second-order valence-electron chi connectivity index (χ2n) is 5.69. The first-order chi connectivity index (χ1) is 11.0. The molecule has 0 spiro atoms. The number of thioether (sulfide) groups is 1. The Bertz CT molecular complexity index is 744. The summed E-state index contributed by atoms with van der Waals surface area (Å²) in [4.78, 5) is 18.3. The van der Waals surface area contributed by atoms with E-state index in [9.17, 15) is 13.2 Å².